The van der Waals surface area contributed by atoms with Gasteiger partial charge >= 0.3 is 0 Å². The summed E-state index contributed by atoms with van der Waals surface area (Å²) in [5.41, 5.74) is 12.7. The van der Waals surface area contributed by atoms with Crippen LogP contribution in [0, 0.1) is 0 Å². The van der Waals surface area contributed by atoms with E-state index >= 15 is 0 Å². The van der Waals surface area contributed by atoms with Crippen molar-refractivity contribution in [3.05, 3.63) is 182 Å². The minimum atomic E-state index is 0.863. The van der Waals surface area contributed by atoms with Crippen molar-refractivity contribution in [3.8, 4) is 44.5 Å². The quantitative estimate of drug-likeness (QED) is 0.175. The molecule has 0 saturated carbocycles. The summed E-state index contributed by atoms with van der Waals surface area (Å²) in [7, 11) is 0. The highest BCUT2D eigenvalue weighted by Crippen LogP contribution is 2.49. The van der Waals surface area contributed by atoms with Crippen molar-refractivity contribution in [1.82, 2.24) is 0 Å². The zero-order valence-electron chi connectivity index (χ0n) is 28.1. The van der Waals surface area contributed by atoms with Crippen molar-refractivity contribution in [2.75, 3.05) is 0 Å². The maximum absolute atomic E-state index is 6.74. The molecule has 0 aliphatic carbocycles. The van der Waals surface area contributed by atoms with E-state index in [1.165, 1.54) is 38.2 Å². The molecule has 2 nitrogen and oxygen atoms in total. The Labute approximate surface area is 299 Å². The van der Waals surface area contributed by atoms with Crippen LogP contribution in [0.4, 0.5) is 0 Å². The van der Waals surface area contributed by atoms with Crippen LogP contribution in [0.1, 0.15) is 0 Å². The monoisotopic (exact) mass is 662 g/mol. The molecule has 0 fully saturated rings. The number of benzene rings is 9. The second-order valence-electron chi connectivity index (χ2n) is 13.5. The SMILES string of the molecule is c1ccc(-c2c3ccccc3c(-c3cc(-c4ccc(-c5ccccc5)c5oc6ccccc6c45)cc4oc5ccccc5c34)c3ccccc23)cc1. The summed E-state index contributed by atoms with van der Waals surface area (Å²) in [6, 6.07) is 64.9. The average Bonchev–Trinajstić information content (AvgIpc) is 3.79. The Hall–Kier alpha value is -6.90. The van der Waals surface area contributed by atoms with Crippen LogP contribution in [-0.2, 0) is 0 Å². The number of hydrogen-bond acceptors (Lipinski definition) is 2. The normalized spacial score (nSPS) is 11.8. The third-order valence-corrected chi connectivity index (χ3v) is 10.7. The topological polar surface area (TPSA) is 26.3 Å². The molecule has 0 N–H and O–H groups in total. The highest BCUT2D eigenvalue weighted by Gasteiger charge is 2.23. The van der Waals surface area contributed by atoms with Crippen molar-refractivity contribution in [2.24, 2.45) is 0 Å². The lowest BCUT2D eigenvalue weighted by atomic mass is 9.84. The fraction of sp³-hybridized carbons (Fsp3) is 0. The highest BCUT2D eigenvalue weighted by atomic mass is 16.3. The number of furan rings is 2. The van der Waals surface area contributed by atoms with Crippen molar-refractivity contribution in [1.29, 1.82) is 0 Å². The van der Waals surface area contributed by atoms with Gasteiger partial charge in [0.25, 0.3) is 0 Å². The predicted octanol–water partition coefficient (Wildman–Crippen LogP) is 14.5. The molecule has 0 spiro atoms. The molecule has 52 heavy (non-hydrogen) atoms. The molecule has 0 unspecified atom stereocenters. The minimum absolute atomic E-state index is 0.863. The van der Waals surface area contributed by atoms with Crippen LogP contribution >= 0.6 is 0 Å². The minimum Gasteiger partial charge on any atom is -0.456 e. The van der Waals surface area contributed by atoms with Gasteiger partial charge in [0.15, 0.2) is 0 Å². The van der Waals surface area contributed by atoms with E-state index in [1.54, 1.807) is 0 Å². The van der Waals surface area contributed by atoms with Gasteiger partial charge in [-0.1, -0.05) is 152 Å². The Morgan fingerprint density at radius 2 is 0.750 bits per heavy atom. The third-order valence-electron chi connectivity index (χ3n) is 10.7. The Kier molecular flexibility index (Phi) is 6.28. The first kappa shape index (κ1) is 28.9. The summed E-state index contributed by atoms with van der Waals surface area (Å²) < 4.78 is 13.4. The molecule has 0 aliphatic heterocycles. The Bertz CT molecular complexity index is 3110. The zero-order chi connectivity index (χ0) is 34.2. The highest BCUT2D eigenvalue weighted by molar-refractivity contribution is 6.26. The van der Waals surface area contributed by atoms with E-state index in [1.807, 2.05) is 12.1 Å². The van der Waals surface area contributed by atoms with Crippen LogP contribution in [0.25, 0.3) is 110 Å². The molecule has 9 aromatic carbocycles. The van der Waals surface area contributed by atoms with Gasteiger partial charge in [-0.15, -0.1) is 0 Å². The fourth-order valence-electron chi connectivity index (χ4n) is 8.46. The van der Waals surface area contributed by atoms with Gasteiger partial charge in [-0.25, -0.2) is 0 Å². The molecule has 2 heteroatoms. The van der Waals surface area contributed by atoms with Crippen LogP contribution in [-0.4, -0.2) is 0 Å². The van der Waals surface area contributed by atoms with Crippen LogP contribution in [0.5, 0.6) is 0 Å². The molecule has 0 amide bonds. The van der Waals surface area contributed by atoms with E-state index in [2.05, 4.69) is 170 Å². The lowest BCUT2D eigenvalue weighted by Gasteiger charge is -2.19. The van der Waals surface area contributed by atoms with Crippen LogP contribution in [0.3, 0.4) is 0 Å². The van der Waals surface area contributed by atoms with E-state index in [-0.39, 0.29) is 0 Å². The first-order valence-electron chi connectivity index (χ1n) is 17.8. The summed E-state index contributed by atoms with van der Waals surface area (Å²) in [4.78, 5) is 0. The van der Waals surface area contributed by atoms with Crippen LogP contribution in [0.2, 0.25) is 0 Å². The lowest BCUT2D eigenvalue weighted by molar-refractivity contribution is 0.668. The van der Waals surface area contributed by atoms with Crippen molar-refractivity contribution >= 4 is 65.4 Å². The summed E-state index contributed by atoms with van der Waals surface area (Å²) in [6.07, 6.45) is 0. The Morgan fingerprint density at radius 1 is 0.269 bits per heavy atom. The lowest BCUT2D eigenvalue weighted by Crippen LogP contribution is -1.92. The van der Waals surface area contributed by atoms with Crippen molar-refractivity contribution in [3.63, 3.8) is 0 Å². The summed E-state index contributed by atoms with van der Waals surface area (Å²) in [5.74, 6) is 0. The molecule has 2 heterocycles. The van der Waals surface area contributed by atoms with Gasteiger partial charge in [0.1, 0.15) is 22.3 Å². The fourth-order valence-corrected chi connectivity index (χ4v) is 8.46. The van der Waals surface area contributed by atoms with E-state index in [4.69, 9.17) is 8.83 Å². The molecule has 0 bridgehead atoms. The summed E-state index contributed by atoms with van der Waals surface area (Å²) in [6.45, 7) is 0. The first-order chi connectivity index (χ1) is 25.8. The summed E-state index contributed by atoms with van der Waals surface area (Å²) in [5, 5.41) is 9.30. The smallest absolute Gasteiger partial charge is 0.143 e. The number of para-hydroxylation sites is 2. The molecular formula is C50H30O2. The number of rotatable bonds is 4. The van der Waals surface area contributed by atoms with Gasteiger partial charge in [-0.3, -0.25) is 0 Å². The van der Waals surface area contributed by atoms with Gasteiger partial charge in [0.05, 0.1) is 0 Å². The molecule has 11 rings (SSSR count). The molecule has 0 saturated heterocycles. The van der Waals surface area contributed by atoms with E-state index in [0.717, 1.165) is 71.7 Å². The van der Waals surface area contributed by atoms with Gasteiger partial charge in [0.2, 0.25) is 0 Å². The molecule has 11 aromatic rings. The summed E-state index contributed by atoms with van der Waals surface area (Å²) >= 11 is 0. The molecule has 242 valence electrons. The van der Waals surface area contributed by atoms with Crippen molar-refractivity contribution in [2.45, 2.75) is 0 Å². The molecule has 0 radical (unpaired) electrons. The van der Waals surface area contributed by atoms with Gasteiger partial charge in [-0.2, -0.15) is 0 Å². The molecule has 0 atom stereocenters. The second-order valence-corrected chi connectivity index (χ2v) is 13.5. The Balaban J connectivity index is 1.29. The maximum atomic E-state index is 6.74. The van der Waals surface area contributed by atoms with E-state index < -0.39 is 0 Å². The zero-order valence-corrected chi connectivity index (χ0v) is 28.1. The predicted molar refractivity (Wildman–Crippen MR) is 218 cm³/mol. The van der Waals surface area contributed by atoms with Gasteiger partial charge in [-0.05, 0) is 90.8 Å². The number of fused-ring (bicyclic) bond motifs is 8. The second kappa shape index (κ2) is 11.3. The average molecular weight is 663 g/mol. The van der Waals surface area contributed by atoms with Gasteiger partial charge in [0, 0.05) is 27.1 Å². The third kappa shape index (κ3) is 4.25. The number of hydrogen-bond donors (Lipinski definition) is 0. The standard InChI is InChI=1S/C50H30O2/c1-3-15-31(16-4-1)35-28-27-34(49-41-24-12-14-26-44(41)52-50(35)49)33-29-42(48-40-23-11-13-25-43(40)51-45(48)30-33)47-38-21-9-7-19-36(38)46(32-17-5-2-6-18-32)37-20-8-10-22-39(37)47/h1-30H. The van der Waals surface area contributed by atoms with Crippen LogP contribution < -0.4 is 0 Å². The molecular weight excluding hydrogens is 633 g/mol. The van der Waals surface area contributed by atoms with Crippen molar-refractivity contribution < 1.29 is 8.83 Å². The Morgan fingerprint density at radius 3 is 1.38 bits per heavy atom. The van der Waals surface area contributed by atoms with Gasteiger partial charge < -0.3 is 8.83 Å². The molecule has 2 aromatic heterocycles. The largest absolute Gasteiger partial charge is 0.456 e. The molecule has 0 aliphatic rings. The maximum Gasteiger partial charge on any atom is 0.143 e. The van der Waals surface area contributed by atoms with E-state index in [0.29, 0.717) is 0 Å². The first-order valence-corrected chi connectivity index (χ1v) is 17.8. The van der Waals surface area contributed by atoms with Crippen LogP contribution in [0.15, 0.2) is 191 Å². The van der Waals surface area contributed by atoms with E-state index in [9.17, 15) is 0 Å².